The Hall–Kier alpha value is -1.64. The maximum absolute atomic E-state index is 2.58. The molecule has 1 aliphatic rings. The van der Waals surface area contributed by atoms with Gasteiger partial charge in [-0.2, -0.15) is 0 Å². The van der Waals surface area contributed by atoms with E-state index in [0.29, 0.717) is 0 Å². The van der Waals surface area contributed by atoms with Crippen molar-refractivity contribution in [3.63, 3.8) is 0 Å². The van der Waals surface area contributed by atoms with Crippen LogP contribution < -0.4 is 0 Å². The van der Waals surface area contributed by atoms with E-state index in [1.807, 2.05) is 0 Å². The van der Waals surface area contributed by atoms with Gasteiger partial charge < -0.3 is 4.90 Å². The lowest BCUT2D eigenvalue weighted by Gasteiger charge is -2.20. The molecule has 0 unspecified atom stereocenters. The molecule has 0 aromatic heterocycles. The Balaban J connectivity index is 1.62. The second-order valence-electron chi connectivity index (χ2n) is 7.08. The molecule has 3 rings (SSSR count). The predicted molar refractivity (Wildman–Crippen MR) is 103 cm³/mol. The van der Waals surface area contributed by atoms with Crippen LogP contribution in [0.15, 0.2) is 48.5 Å². The first-order valence-electron chi connectivity index (χ1n) is 9.34. The van der Waals surface area contributed by atoms with E-state index in [2.05, 4.69) is 72.3 Å². The molecule has 0 amide bonds. The minimum atomic E-state index is 1.07. The summed E-state index contributed by atoms with van der Waals surface area (Å²) in [5.74, 6) is 0. The van der Waals surface area contributed by atoms with Gasteiger partial charge in [0, 0.05) is 19.6 Å². The topological polar surface area (TPSA) is 6.48 Å². The van der Waals surface area contributed by atoms with Crippen molar-refractivity contribution in [2.45, 2.75) is 32.7 Å². The van der Waals surface area contributed by atoms with Gasteiger partial charge in [-0.05, 0) is 55.2 Å². The van der Waals surface area contributed by atoms with E-state index in [-0.39, 0.29) is 0 Å². The summed E-state index contributed by atoms with van der Waals surface area (Å²) in [4.78, 5) is 5.02. The maximum Gasteiger partial charge on any atom is 0.0234 e. The summed E-state index contributed by atoms with van der Waals surface area (Å²) >= 11 is 0. The van der Waals surface area contributed by atoms with Crippen molar-refractivity contribution in [3.05, 3.63) is 59.7 Å². The Kier molecular flexibility index (Phi) is 6.06. The minimum absolute atomic E-state index is 1.07. The maximum atomic E-state index is 2.58. The molecule has 0 saturated carbocycles. The third kappa shape index (κ3) is 4.68. The molecule has 0 aliphatic carbocycles. The third-order valence-electron chi connectivity index (χ3n) is 5.00. The summed E-state index contributed by atoms with van der Waals surface area (Å²) in [5.41, 5.74) is 5.49. The summed E-state index contributed by atoms with van der Waals surface area (Å²) < 4.78 is 0. The van der Waals surface area contributed by atoms with Gasteiger partial charge in [0.05, 0.1) is 0 Å². The SMILES string of the molecule is CCCc1ccc(-c2ccc(CN3CCCN(C)CC3)cc2)cc1. The Labute approximate surface area is 147 Å². The molecule has 24 heavy (non-hydrogen) atoms. The second kappa shape index (κ2) is 8.46. The highest BCUT2D eigenvalue weighted by Gasteiger charge is 2.12. The third-order valence-corrected chi connectivity index (χ3v) is 5.00. The number of nitrogens with zero attached hydrogens (tertiary/aromatic N) is 2. The molecule has 0 spiro atoms. The van der Waals surface area contributed by atoms with Gasteiger partial charge >= 0.3 is 0 Å². The molecule has 0 N–H and O–H groups in total. The van der Waals surface area contributed by atoms with Crippen LogP contribution in [0, 0.1) is 0 Å². The average molecular weight is 322 g/mol. The van der Waals surface area contributed by atoms with Crippen LogP contribution in [-0.4, -0.2) is 43.0 Å². The minimum Gasteiger partial charge on any atom is -0.305 e. The second-order valence-corrected chi connectivity index (χ2v) is 7.08. The fourth-order valence-electron chi connectivity index (χ4n) is 3.47. The first-order chi connectivity index (χ1) is 11.7. The van der Waals surface area contributed by atoms with E-state index >= 15 is 0 Å². The van der Waals surface area contributed by atoms with Crippen LogP contribution in [0.25, 0.3) is 11.1 Å². The van der Waals surface area contributed by atoms with Gasteiger partial charge in [0.1, 0.15) is 0 Å². The summed E-state index contributed by atoms with van der Waals surface area (Å²) in [6.45, 7) is 8.10. The molecule has 0 atom stereocenters. The fourth-order valence-corrected chi connectivity index (χ4v) is 3.47. The van der Waals surface area contributed by atoms with Crippen molar-refractivity contribution in [3.8, 4) is 11.1 Å². The lowest BCUT2D eigenvalue weighted by Crippen LogP contribution is -2.28. The van der Waals surface area contributed by atoms with Crippen molar-refractivity contribution in [2.75, 3.05) is 33.2 Å². The van der Waals surface area contributed by atoms with Crippen molar-refractivity contribution in [1.82, 2.24) is 9.80 Å². The molecule has 2 aromatic carbocycles. The molecular weight excluding hydrogens is 292 g/mol. The largest absolute Gasteiger partial charge is 0.305 e. The van der Waals surface area contributed by atoms with Crippen LogP contribution in [0.1, 0.15) is 30.9 Å². The smallest absolute Gasteiger partial charge is 0.0234 e. The first-order valence-corrected chi connectivity index (χ1v) is 9.34. The summed E-state index contributed by atoms with van der Waals surface area (Å²) in [6.07, 6.45) is 3.66. The molecule has 128 valence electrons. The van der Waals surface area contributed by atoms with E-state index < -0.39 is 0 Å². The number of benzene rings is 2. The summed E-state index contributed by atoms with van der Waals surface area (Å²) in [7, 11) is 2.23. The van der Waals surface area contributed by atoms with Crippen LogP contribution in [-0.2, 0) is 13.0 Å². The molecule has 1 aliphatic heterocycles. The molecule has 1 saturated heterocycles. The molecule has 2 heteroatoms. The average Bonchev–Trinajstić information content (AvgIpc) is 2.81. The highest BCUT2D eigenvalue weighted by Crippen LogP contribution is 2.21. The predicted octanol–water partition coefficient (Wildman–Crippen LogP) is 4.44. The quantitative estimate of drug-likeness (QED) is 0.803. The van der Waals surface area contributed by atoms with Crippen molar-refractivity contribution in [1.29, 1.82) is 0 Å². The normalized spacial score (nSPS) is 16.9. The van der Waals surface area contributed by atoms with Crippen molar-refractivity contribution >= 4 is 0 Å². The highest BCUT2D eigenvalue weighted by molar-refractivity contribution is 5.63. The van der Waals surface area contributed by atoms with Crippen LogP contribution in [0.2, 0.25) is 0 Å². The summed E-state index contributed by atoms with van der Waals surface area (Å²) in [6, 6.07) is 18.2. The van der Waals surface area contributed by atoms with Crippen LogP contribution in [0.3, 0.4) is 0 Å². The number of likely N-dealkylation sites (N-methyl/N-ethyl adjacent to an activating group) is 1. The van der Waals surface area contributed by atoms with E-state index in [1.165, 1.54) is 67.7 Å². The van der Waals surface area contributed by atoms with E-state index in [1.54, 1.807) is 0 Å². The standard InChI is InChI=1S/C22H30N2/c1-3-5-19-6-10-21(11-7-19)22-12-8-20(9-13-22)18-24-15-4-14-23(2)16-17-24/h6-13H,3-5,14-18H2,1-2H3. The van der Waals surface area contributed by atoms with E-state index in [4.69, 9.17) is 0 Å². The Morgan fingerprint density at radius 1 is 0.750 bits per heavy atom. The zero-order valence-corrected chi connectivity index (χ0v) is 15.2. The Morgan fingerprint density at radius 3 is 2.00 bits per heavy atom. The van der Waals surface area contributed by atoms with Gasteiger partial charge in [0.15, 0.2) is 0 Å². The van der Waals surface area contributed by atoms with Gasteiger partial charge in [0.2, 0.25) is 0 Å². The van der Waals surface area contributed by atoms with Gasteiger partial charge in [-0.1, -0.05) is 61.9 Å². The molecule has 0 radical (unpaired) electrons. The highest BCUT2D eigenvalue weighted by atomic mass is 15.2. The molecule has 1 fully saturated rings. The molecule has 2 nitrogen and oxygen atoms in total. The number of hydrogen-bond donors (Lipinski definition) is 0. The fraction of sp³-hybridized carbons (Fsp3) is 0.455. The number of rotatable bonds is 5. The lowest BCUT2D eigenvalue weighted by molar-refractivity contribution is 0.269. The molecular formula is C22H30N2. The van der Waals surface area contributed by atoms with E-state index in [0.717, 1.165) is 6.54 Å². The van der Waals surface area contributed by atoms with Crippen molar-refractivity contribution < 1.29 is 0 Å². The van der Waals surface area contributed by atoms with Crippen LogP contribution >= 0.6 is 0 Å². The number of hydrogen-bond acceptors (Lipinski definition) is 2. The Bertz CT molecular complexity index is 615. The first kappa shape index (κ1) is 17.2. The molecule has 0 bridgehead atoms. The van der Waals surface area contributed by atoms with Gasteiger partial charge in [0.25, 0.3) is 0 Å². The zero-order chi connectivity index (χ0) is 16.8. The van der Waals surface area contributed by atoms with Gasteiger partial charge in [-0.15, -0.1) is 0 Å². The summed E-state index contributed by atoms with van der Waals surface area (Å²) in [5, 5.41) is 0. The number of aryl methyl sites for hydroxylation is 1. The molecule has 2 aromatic rings. The monoisotopic (exact) mass is 322 g/mol. The van der Waals surface area contributed by atoms with Crippen LogP contribution in [0.4, 0.5) is 0 Å². The van der Waals surface area contributed by atoms with Gasteiger partial charge in [-0.3, -0.25) is 4.90 Å². The van der Waals surface area contributed by atoms with Crippen molar-refractivity contribution in [2.24, 2.45) is 0 Å². The van der Waals surface area contributed by atoms with Crippen LogP contribution in [0.5, 0.6) is 0 Å². The van der Waals surface area contributed by atoms with E-state index in [9.17, 15) is 0 Å². The Morgan fingerprint density at radius 2 is 1.38 bits per heavy atom. The van der Waals surface area contributed by atoms with Gasteiger partial charge in [-0.25, -0.2) is 0 Å². The molecule has 1 heterocycles. The lowest BCUT2D eigenvalue weighted by atomic mass is 10.0. The zero-order valence-electron chi connectivity index (χ0n) is 15.2.